The molecule has 15 nitrogen and oxygen atoms in total. The number of amides is 2. The first-order chi connectivity index (χ1) is 20.3. The summed E-state index contributed by atoms with van der Waals surface area (Å²) in [7, 11) is -8.95. The van der Waals surface area contributed by atoms with E-state index in [-0.39, 0.29) is 28.7 Å². The highest BCUT2D eigenvalue weighted by molar-refractivity contribution is 7.72. The summed E-state index contributed by atoms with van der Waals surface area (Å²) in [4.78, 5) is 52.9. The fraction of sp³-hybridized carbons (Fsp3) is 0.760. The number of anilines is 1. The molecule has 1 aliphatic rings. The van der Waals surface area contributed by atoms with Crippen molar-refractivity contribution in [2.24, 2.45) is 0 Å². The number of nitrogens with zero attached hydrogens (tertiary/aromatic N) is 4. The molecule has 0 aromatic carbocycles. The Morgan fingerprint density at radius 1 is 1.00 bits per heavy atom. The second-order valence-corrected chi connectivity index (χ2v) is 15.9. The van der Waals surface area contributed by atoms with Crippen LogP contribution in [0.4, 0.5) is 10.6 Å². The van der Waals surface area contributed by atoms with Crippen molar-refractivity contribution in [3.05, 3.63) is 11.6 Å². The molecule has 7 N–H and O–H groups in total. The van der Waals surface area contributed by atoms with E-state index in [1.165, 1.54) is 55.8 Å². The van der Waals surface area contributed by atoms with E-state index in [0.29, 0.717) is 6.54 Å². The Kier molecular flexibility index (Phi) is 13.8. The molecule has 3 rings (SSSR count). The summed E-state index contributed by atoms with van der Waals surface area (Å²) in [5.74, 6) is -1.17. The number of urea groups is 1. The topological polar surface area (TPSA) is 229 Å². The Labute approximate surface area is 255 Å². The van der Waals surface area contributed by atoms with Gasteiger partial charge in [-0.1, -0.05) is 64.7 Å². The van der Waals surface area contributed by atoms with Crippen molar-refractivity contribution < 1.29 is 43.6 Å². The summed E-state index contributed by atoms with van der Waals surface area (Å²) in [5, 5.41) is 26.3. The Hall–Kier alpha value is -1.67. The molecule has 3 heterocycles. The molecule has 1 fully saturated rings. The van der Waals surface area contributed by atoms with E-state index in [0.717, 1.165) is 19.3 Å². The van der Waals surface area contributed by atoms with Crippen LogP contribution in [0.15, 0.2) is 6.33 Å². The van der Waals surface area contributed by atoms with Gasteiger partial charge in [0.15, 0.2) is 23.2 Å². The second-order valence-electron chi connectivity index (χ2n) is 10.9. The van der Waals surface area contributed by atoms with Crippen LogP contribution >= 0.6 is 26.6 Å². The number of hydrogen-bond acceptors (Lipinski definition) is 9. The number of nitrogens with one attached hydrogen (secondary N) is 2. The van der Waals surface area contributed by atoms with Crippen molar-refractivity contribution in [3.8, 4) is 0 Å². The van der Waals surface area contributed by atoms with Gasteiger partial charge >= 0.3 is 13.6 Å². The van der Waals surface area contributed by atoms with Gasteiger partial charge in [0, 0.05) is 12.7 Å². The zero-order chi connectivity index (χ0) is 31.6. The van der Waals surface area contributed by atoms with Crippen LogP contribution in [0.5, 0.6) is 0 Å². The van der Waals surface area contributed by atoms with Crippen LogP contribution in [0, 0.1) is 0 Å². The number of hydrogen-bond donors (Lipinski definition) is 7. The van der Waals surface area contributed by atoms with Crippen LogP contribution < -0.4 is 10.6 Å². The molecule has 43 heavy (non-hydrogen) atoms. The van der Waals surface area contributed by atoms with Gasteiger partial charge in [-0.2, -0.15) is 9.97 Å². The lowest BCUT2D eigenvalue weighted by Crippen LogP contribution is -2.32. The van der Waals surface area contributed by atoms with Crippen molar-refractivity contribution >= 4 is 49.6 Å². The minimum Gasteiger partial charge on any atom is -0.388 e. The standard InChI is InChI=1S/C25H43ClN6O9P2/c1-2-3-4-5-6-7-8-9-10-11-13-27-25(35)30-21-18-22(31-24(26)29-21)32(15-28-18)23-20(34)19(33)17(41-23)12-14-42(36,37)16-43(38,39)40/h15,17,19-20,23,33-34H,2-14,16H2,1H3,(H,36,37)(H2,38,39,40)(H2,27,29,30,31,35)/t17-,19?,20+,23-/m1/s1. The SMILES string of the molecule is CCCCCCCCCCCCNC(=O)Nc1nc(Cl)nc2c1ncn2[C@@H]1O[C@H](CCP(=O)(O)CP(=O)(O)O)C(O)[C@@H]1O. The normalized spacial score (nSPS) is 22.1. The van der Waals surface area contributed by atoms with Crippen molar-refractivity contribution in [1.29, 1.82) is 0 Å². The first-order valence-electron chi connectivity index (χ1n) is 14.6. The fourth-order valence-corrected chi connectivity index (χ4v) is 8.71. The number of aromatic nitrogens is 4. The van der Waals surface area contributed by atoms with Gasteiger partial charge in [0.2, 0.25) is 12.7 Å². The molecule has 18 heteroatoms. The molecule has 2 aromatic heterocycles. The number of fused-ring (bicyclic) bond motifs is 1. The third-order valence-electron chi connectivity index (χ3n) is 7.22. The third kappa shape index (κ3) is 11.3. The highest BCUT2D eigenvalue weighted by Gasteiger charge is 2.45. The molecule has 0 aliphatic carbocycles. The zero-order valence-corrected chi connectivity index (χ0v) is 26.8. The first-order valence-corrected chi connectivity index (χ1v) is 18.8. The maximum Gasteiger partial charge on any atom is 0.335 e. The van der Waals surface area contributed by atoms with Crippen LogP contribution in [0.3, 0.4) is 0 Å². The molecular formula is C25H43ClN6O9P2. The minimum atomic E-state index is -4.73. The number of carbonyl (C=O) groups is 1. The summed E-state index contributed by atoms with van der Waals surface area (Å²) in [6, 6.07) is -0.502. The lowest BCUT2D eigenvalue weighted by molar-refractivity contribution is -0.0354. The van der Waals surface area contributed by atoms with Crippen LogP contribution in [0.25, 0.3) is 11.2 Å². The van der Waals surface area contributed by atoms with E-state index < -0.39 is 57.6 Å². The van der Waals surface area contributed by atoms with Crippen molar-refractivity contribution in [1.82, 2.24) is 24.8 Å². The van der Waals surface area contributed by atoms with E-state index in [2.05, 4.69) is 32.5 Å². The van der Waals surface area contributed by atoms with Crippen molar-refractivity contribution in [2.75, 3.05) is 23.9 Å². The molecule has 244 valence electrons. The van der Waals surface area contributed by atoms with E-state index in [4.69, 9.17) is 26.1 Å². The van der Waals surface area contributed by atoms with Crippen LogP contribution in [0.2, 0.25) is 5.28 Å². The Bertz CT molecular complexity index is 1300. The highest BCUT2D eigenvalue weighted by atomic mass is 35.5. The largest absolute Gasteiger partial charge is 0.388 e. The Balaban J connectivity index is 1.53. The van der Waals surface area contributed by atoms with Gasteiger partial charge in [0.1, 0.15) is 18.1 Å². The number of rotatable bonds is 18. The lowest BCUT2D eigenvalue weighted by Gasteiger charge is -2.18. The number of halogens is 1. The molecular weight excluding hydrogens is 626 g/mol. The quantitative estimate of drug-likeness (QED) is 0.0680. The van der Waals surface area contributed by atoms with Gasteiger partial charge in [0.05, 0.1) is 12.4 Å². The summed E-state index contributed by atoms with van der Waals surface area (Å²) in [6.07, 6.45) is 6.95. The molecule has 5 atom stereocenters. The number of ether oxygens (including phenoxy) is 1. The van der Waals surface area contributed by atoms with Gasteiger partial charge < -0.3 is 34.9 Å². The minimum absolute atomic E-state index is 0.0255. The molecule has 0 saturated carbocycles. The van der Waals surface area contributed by atoms with E-state index in [1.54, 1.807) is 0 Å². The average Bonchev–Trinajstić information content (AvgIpc) is 3.45. The molecule has 1 saturated heterocycles. The van der Waals surface area contributed by atoms with Crippen molar-refractivity contribution in [3.63, 3.8) is 0 Å². The Morgan fingerprint density at radius 3 is 2.26 bits per heavy atom. The molecule has 2 unspecified atom stereocenters. The van der Waals surface area contributed by atoms with Gasteiger partial charge in [-0.05, 0) is 24.4 Å². The van der Waals surface area contributed by atoms with Gasteiger partial charge in [-0.15, -0.1) is 0 Å². The molecule has 0 bridgehead atoms. The van der Waals surface area contributed by atoms with E-state index >= 15 is 0 Å². The van der Waals surface area contributed by atoms with Gasteiger partial charge in [0.25, 0.3) is 0 Å². The van der Waals surface area contributed by atoms with E-state index in [9.17, 15) is 29.0 Å². The second kappa shape index (κ2) is 16.6. The third-order valence-corrected chi connectivity index (χ3v) is 11.6. The number of aliphatic hydroxyl groups excluding tert-OH is 2. The van der Waals surface area contributed by atoms with E-state index in [1.807, 2.05) is 0 Å². The number of carbonyl (C=O) groups excluding carboxylic acids is 1. The van der Waals surface area contributed by atoms with Crippen molar-refractivity contribution in [2.45, 2.75) is 102 Å². The zero-order valence-electron chi connectivity index (χ0n) is 24.2. The number of unbranched alkanes of at least 4 members (excludes halogenated alkanes) is 9. The Morgan fingerprint density at radius 2 is 1.63 bits per heavy atom. The summed E-state index contributed by atoms with van der Waals surface area (Å²) < 4.78 is 30.3. The summed E-state index contributed by atoms with van der Waals surface area (Å²) in [5.41, 5.74) is 0.241. The predicted molar refractivity (Wildman–Crippen MR) is 161 cm³/mol. The number of imidazole rings is 1. The maximum atomic E-state index is 12.5. The monoisotopic (exact) mass is 668 g/mol. The fourth-order valence-electron chi connectivity index (χ4n) is 5.01. The van der Waals surface area contributed by atoms with Crippen LogP contribution in [-0.4, -0.2) is 87.4 Å². The maximum absolute atomic E-state index is 12.5. The van der Waals surface area contributed by atoms with Crippen LogP contribution in [-0.2, 0) is 13.9 Å². The predicted octanol–water partition coefficient (Wildman–Crippen LogP) is 3.94. The van der Waals surface area contributed by atoms with Gasteiger partial charge in [-0.3, -0.25) is 19.0 Å². The molecule has 0 radical (unpaired) electrons. The summed E-state index contributed by atoms with van der Waals surface area (Å²) in [6.45, 7) is 2.69. The average molecular weight is 669 g/mol. The van der Waals surface area contributed by atoms with Crippen LogP contribution in [0.1, 0.15) is 83.8 Å². The number of aliphatic hydroxyl groups is 2. The molecule has 0 spiro atoms. The smallest absolute Gasteiger partial charge is 0.335 e. The molecule has 2 amide bonds. The molecule has 2 aromatic rings. The lowest BCUT2D eigenvalue weighted by atomic mass is 10.1. The molecule has 1 aliphatic heterocycles. The highest BCUT2D eigenvalue weighted by Crippen LogP contribution is 2.55. The first kappa shape index (κ1) is 35.8. The summed E-state index contributed by atoms with van der Waals surface area (Å²) >= 11 is 6.10. The van der Waals surface area contributed by atoms with Gasteiger partial charge in [-0.25, -0.2) is 9.78 Å².